The fraction of sp³-hybridized carbons (Fsp3) is 0.435. The van der Waals surface area contributed by atoms with Gasteiger partial charge in [0.15, 0.2) is 0 Å². The quantitative estimate of drug-likeness (QED) is 0.402. The van der Waals surface area contributed by atoms with E-state index in [0.29, 0.717) is 5.69 Å². The van der Waals surface area contributed by atoms with Gasteiger partial charge in [0.2, 0.25) is 0 Å². The topological polar surface area (TPSA) is 23.8 Å². The number of aryl methyl sites for hydroxylation is 2. The van der Waals surface area contributed by atoms with Crippen molar-refractivity contribution in [1.29, 1.82) is 0 Å². The Labute approximate surface area is 181 Å². The largest absolute Gasteiger partial charge is 3.00 e. The molecule has 2 aromatic carbocycles. The van der Waals surface area contributed by atoms with Gasteiger partial charge in [0.1, 0.15) is 0 Å². The second-order valence-corrected chi connectivity index (χ2v) is 6.75. The molecular formula is C23H34NY. The van der Waals surface area contributed by atoms with E-state index in [1.54, 1.807) is 0 Å². The van der Waals surface area contributed by atoms with Gasteiger partial charge in [-0.05, 0) is 51.3 Å². The van der Waals surface area contributed by atoms with Crippen molar-refractivity contribution in [3.05, 3.63) is 74.9 Å². The Morgan fingerprint density at radius 1 is 0.480 bits per heavy atom. The minimum atomic E-state index is 0. The second kappa shape index (κ2) is 10.5. The third kappa shape index (κ3) is 5.66. The summed E-state index contributed by atoms with van der Waals surface area (Å²) in [5, 5.41) is 0. The number of benzene rings is 2. The Kier molecular flexibility index (Phi) is 11.1. The van der Waals surface area contributed by atoms with Crippen molar-refractivity contribution < 1.29 is 32.7 Å². The van der Waals surface area contributed by atoms with Crippen molar-refractivity contribution in [2.24, 2.45) is 0 Å². The molecule has 1 N–H and O–H groups in total. The molecule has 0 aromatic heterocycles. The Hall–Kier alpha value is -0.656. The zero-order chi connectivity index (χ0) is 18.1. The number of rotatable bonds is 0. The van der Waals surface area contributed by atoms with E-state index in [1.807, 2.05) is 13.8 Å². The van der Waals surface area contributed by atoms with Gasteiger partial charge in [-0.2, -0.15) is 33.9 Å². The normalized spacial score (nSPS) is 9.52. The average molecular weight is 413 g/mol. The molecule has 25 heavy (non-hydrogen) atoms. The molecule has 0 spiro atoms. The van der Waals surface area contributed by atoms with Gasteiger partial charge < -0.3 is 13.2 Å². The van der Waals surface area contributed by atoms with Gasteiger partial charge >= 0.3 is 32.7 Å². The van der Waals surface area contributed by atoms with E-state index in [-0.39, 0.29) is 40.1 Å². The van der Waals surface area contributed by atoms with Crippen LogP contribution in [-0.2, 0) is 32.7 Å². The van der Waals surface area contributed by atoms with Crippen molar-refractivity contribution in [2.45, 2.75) is 69.2 Å². The predicted molar refractivity (Wildman–Crippen MR) is 109 cm³/mol. The van der Waals surface area contributed by atoms with Gasteiger partial charge in [0.25, 0.3) is 0 Å². The Morgan fingerprint density at radius 3 is 1.04 bits per heavy atom. The monoisotopic (exact) mass is 413 g/mol. The van der Waals surface area contributed by atoms with Crippen molar-refractivity contribution in [2.75, 3.05) is 0 Å². The van der Waals surface area contributed by atoms with E-state index >= 15 is 0 Å². The van der Waals surface area contributed by atoms with E-state index in [2.05, 4.69) is 61.5 Å². The summed E-state index contributed by atoms with van der Waals surface area (Å²) in [7, 11) is 0. The van der Waals surface area contributed by atoms with Crippen LogP contribution in [0.15, 0.2) is 0 Å². The first-order valence-corrected chi connectivity index (χ1v) is 8.25. The van der Waals surface area contributed by atoms with Crippen LogP contribution in [0, 0.1) is 82.7 Å². The minimum absolute atomic E-state index is 0. The summed E-state index contributed by atoms with van der Waals surface area (Å²) in [6, 6.07) is 3.35. The SMILES string of the molecule is Cc1[c-]c(C)c(C)c(C)c1C.Cc1c(C)c(C)c([NH-])c(C)c1C.[CH3-].[Y+3]. The first-order valence-electron chi connectivity index (χ1n) is 8.25. The zero-order valence-electron chi connectivity index (χ0n) is 18.1. The van der Waals surface area contributed by atoms with Crippen molar-refractivity contribution >= 4 is 5.69 Å². The van der Waals surface area contributed by atoms with Crippen molar-refractivity contribution in [3.63, 3.8) is 0 Å². The molecule has 1 nitrogen and oxygen atoms in total. The first kappa shape index (κ1) is 26.6. The Bertz CT molecular complexity index is 611. The van der Waals surface area contributed by atoms with Crippen LogP contribution in [-0.4, -0.2) is 0 Å². The maximum Gasteiger partial charge on any atom is 3.00 e. The minimum Gasteiger partial charge on any atom is -0.698 e. The number of hydrogen-bond acceptors (Lipinski definition) is 0. The molecule has 0 saturated heterocycles. The number of nitrogens with one attached hydrogen (secondary N) is 1. The molecule has 0 unspecified atom stereocenters. The van der Waals surface area contributed by atoms with Crippen molar-refractivity contribution in [3.8, 4) is 0 Å². The molecule has 2 heteroatoms. The molecule has 134 valence electrons. The fourth-order valence-electron chi connectivity index (χ4n) is 2.81. The Morgan fingerprint density at radius 2 is 0.720 bits per heavy atom. The van der Waals surface area contributed by atoms with E-state index < -0.39 is 0 Å². The van der Waals surface area contributed by atoms with E-state index in [0.717, 1.165) is 11.1 Å². The van der Waals surface area contributed by atoms with E-state index in [1.165, 1.54) is 44.5 Å². The van der Waals surface area contributed by atoms with Gasteiger partial charge in [0.05, 0.1) is 0 Å². The molecule has 0 atom stereocenters. The molecule has 2 aromatic rings. The zero-order valence-corrected chi connectivity index (χ0v) is 20.9. The summed E-state index contributed by atoms with van der Waals surface area (Å²) < 4.78 is 0. The average Bonchev–Trinajstić information content (AvgIpc) is 2.53. The summed E-state index contributed by atoms with van der Waals surface area (Å²) in [6.45, 7) is 21.1. The second-order valence-electron chi connectivity index (χ2n) is 6.75. The molecule has 0 amide bonds. The molecule has 0 radical (unpaired) electrons. The van der Waals surface area contributed by atoms with Crippen molar-refractivity contribution in [1.82, 2.24) is 0 Å². The molecular weight excluding hydrogens is 379 g/mol. The summed E-state index contributed by atoms with van der Waals surface area (Å²) >= 11 is 0. The first-order chi connectivity index (χ1) is 10.5. The summed E-state index contributed by atoms with van der Waals surface area (Å²) in [6.07, 6.45) is 0. The van der Waals surface area contributed by atoms with Gasteiger partial charge in [-0.25, -0.2) is 0 Å². The standard InChI is InChI=1S/C11H16N.C11H15.CH3.Y/c1-6-7(2)9(4)11(12)10(5)8(6)3;1-7-6-8(2)10(4)11(5)9(7)3;;/h12H,1-5H3;1-5H3;1H3;/q3*-1;+3. The van der Waals surface area contributed by atoms with Gasteiger partial charge in [-0.3, -0.25) is 0 Å². The number of hydrogen-bond donors (Lipinski definition) is 0. The van der Waals surface area contributed by atoms with Crippen LogP contribution in [0.2, 0.25) is 0 Å². The van der Waals surface area contributed by atoms with Crippen LogP contribution in [0.1, 0.15) is 55.6 Å². The summed E-state index contributed by atoms with van der Waals surface area (Å²) in [4.78, 5) is 0. The van der Waals surface area contributed by atoms with Crippen LogP contribution in [0.4, 0.5) is 5.69 Å². The summed E-state index contributed by atoms with van der Waals surface area (Å²) in [5.74, 6) is 0. The van der Waals surface area contributed by atoms with Crippen LogP contribution >= 0.6 is 0 Å². The maximum atomic E-state index is 7.82. The smallest absolute Gasteiger partial charge is 0.698 e. The van der Waals surface area contributed by atoms with E-state index in [4.69, 9.17) is 5.73 Å². The molecule has 0 bridgehead atoms. The van der Waals surface area contributed by atoms with Gasteiger partial charge in [-0.1, -0.05) is 45.7 Å². The molecule has 0 aliphatic rings. The van der Waals surface area contributed by atoms with Crippen LogP contribution in [0.5, 0.6) is 0 Å². The molecule has 0 aliphatic carbocycles. The molecule has 0 aliphatic heterocycles. The predicted octanol–water partition coefficient (Wildman–Crippen LogP) is 7.39. The molecule has 0 heterocycles. The van der Waals surface area contributed by atoms with Crippen LogP contribution < -0.4 is 0 Å². The Balaban J connectivity index is 0. The van der Waals surface area contributed by atoms with E-state index in [9.17, 15) is 0 Å². The third-order valence-corrected chi connectivity index (χ3v) is 5.62. The van der Waals surface area contributed by atoms with Crippen LogP contribution in [0.25, 0.3) is 5.73 Å². The van der Waals surface area contributed by atoms with Crippen LogP contribution in [0.3, 0.4) is 0 Å². The molecule has 0 fully saturated rings. The van der Waals surface area contributed by atoms with Gasteiger partial charge in [-0.15, -0.1) is 5.69 Å². The molecule has 2 rings (SSSR count). The maximum absolute atomic E-state index is 7.82. The van der Waals surface area contributed by atoms with Gasteiger partial charge in [0, 0.05) is 0 Å². The summed E-state index contributed by atoms with van der Waals surface area (Å²) in [5.41, 5.74) is 21.4. The third-order valence-electron chi connectivity index (χ3n) is 5.62. The fourth-order valence-corrected chi connectivity index (χ4v) is 2.81. The molecule has 0 saturated carbocycles.